The Labute approximate surface area is 186 Å². The second-order valence-corrected chi connectivity index (χ2v) is 7.21. The maximum Gasteiger partial charge on any atom is 0.416 e. The molecule has 3 aromatic carbocycles. The van der Waals surface area contributed by atoms with Crippen LogP contribution in [0.1, 0.15) is 26.4 Å². The Kier molecular flexibility index (Phi) is 5.78. The van der Waals surface area contributed by atoms with Crippen LogP contribution in [-0.2, 0) is 13.2 Å². The van der Waals surface area contributed by atoms with E-state index in [9.17, 15) is 22.8 Å². The van der Waals surface area contributed by atoms with E-state index in [4.69, 9.17) is 4.74 Å². The lowest BCUT2D eigenvalue weighted by Gasteiger charge is -2.10. The SMILES string of the molecule is Cn1c(C(=O)NNC(=O)c2ccc(C(F)(F)F)cc2)cc2cc(Oc3ccccc3)ccc21. The molecule has 0 bridgehead atoms. The number of para-hydroxylation sites is 1. The molecule has 0 spiro atoms. The highest BCUT2D eigenvalue weighted by Crippen LogP contribution is 2.29. The van der Waals surface area contributed by atoms with Crippen LogP contribution in [0.3, 0.4) is 0 Å². The zero-order valence-corrected chi connectivity index (χ0v) is 17.3. The van der Waals surface area contributed by atoms with Crippen molar-refractivity contribution in [2.75, 3.05) is 0 Å². The Bertz CT molecular complexity index is 1310. The van der Waals surface area contributed by atoms with Crippen molar-refractivity contribution in [3.05, 3.63) is 95.7 Å². The number of fused-ring (bicyclic) bond motifs is 1. The Hall–Kier alpha value is -4.27. The van der Waals surface area contributed by atoms with Gasteiger partial charge in [0, 0.05) is 23.5 Å². The molecule has 0 radical (unpaired) electrons. The Balaban J connectivity index is 1.45. The van der Waals surface area contributed by atoms with Gasteiger partial charge in [0.15, 0.2) is 0 Å². The third-order valence-electron chi connectivity index (χ3n) is 4.99. The normalized spacial score (nSPS) is 11.3. The molecule has 0 saturated carbocycles. The zero-order valence-electron chi connectivity index (χ0n) is 17.3. The molecule has 0 aliphatic heterocycles. The van der Waals surface area contributed by atoms with E-state index in [2.05, 4.69) is 10.9 Å². The van der Waals surface area contributed by atoms with Crippen LogP contribution in [0.2, 0.25) is 0 Å². The summed E-state index contributed by atoms with van der Waals surface area (Å²) in [5.41, 5.74) is 4.65. The summed E-state index contributed by atoms with van der Waals surface area (Å²) < 4.78 is 45.4. The van der Waals surface area contributed by atoms with Crippen LogP contribution in [0, 0.1) is 0 Å². The number of hydrazine groups is 1. The van der Waals surface area contributed by atoms with Crippen LogP contribution in [0.4, 0.5) is 13.2 Å². The van der Waals surface area contributed by atoms with E-state index >= 15 is 0 Å². The van der Waals surface area contributed by atoms with Gasteiger partial charge in [0.05, 0.1) is 5.56 Å². The first-order valence-electron chi connectivity index (χ1n) is 9.83. The molecule has 4 aromatic rings. The number of hydrogen-bond acceptors (Lipinski definition) is 3. The minimum atomic E-state index is -4.50. The first kappa shape index (κ1) is 21.9. The first-order valence-corrected chi connectivity index (χ1v) is 9.83. The van der Waals surface area contributed by atoms with Gasteiger partial charge in [0.25, 0.3) is 11.8 Å². The van der Waals surface area contributed by atoms with E-state index in [1.807, 2.05) is 36.4 Å². The summed E-state index contributed by atoms with van der Waals surface area (Å²) in [6.07, 6.45) is -4.50. The van der Waals surface area contributed by atoms with Crippen molar-refractivity contribution >= 4 is 22.7 Å². The maximum atomic E-state index is 12.7. The van der Waals surface area contributed by atoms with Crippen molar-refractivity contribution in [3.63, 3.8) is 0 Å². The van der Waals surface area contributed by atoms with E-state index in [0.29, 0.717) is 11.5 Å². The number of ether oxygens (including phenoxy) is 1. The van der Waals surface area contributed by atoms with Crippen molar-refractivity contribution in [2.24, 2.45) is 7.05 Å². The molecule has 0 atom stereocenters. The standard InChI is InChI=1S/C24H18F3N3O3/c1-30-20-12-11-19(33-18-5-3-2-4-6-18)13-16(20)14-21(30)23(32)29-28-22(31)15-7-9-17(10-8-15)24(25,26)27/h2-14H,1H3,(H,28,31)(H,29,32). The van der Waals surface area contributed by atoms with Crippen molar-refractivity contribution in [2.45, 2.75) is 6.18 Å². The van der Waals surface area contributed by atoms with E-state index in [-0.39, 0.29) is 11.3 Å². The molecule has 0 aliphatic rings. The lowest BCUT2D eigenvalue weighted by Crippen LogP contribution is -2.42. The highest BCUT2D eigenvalue weighted by atomic mass is 19.4. The molecule has 0 unspecified atom stereocenters. The van der Waals surface area contributed by atoms with Gasteiger partial charge in [0.2, 0.25) is 0 Å². The topological polar surface area (TPSA) is 72.4 Å². The molecule has 6 nitrogen and oxygen atoms in total. The summed E-state index contributed by atoms with van der Waals surface area (Å²) in [5, 5.41) is 0.755. The fourth-order valence-corrected chi connectivity index (χ4v) is 3.29. The van der Waals surface area contributed by atoms with Crippen molar-refractivity contribution in [1.29, 1.82) is 0 Å². The molecule has 1 heterocycles. The summed E-state index contributed by atoms with van der Waals surface area (Å²) in [5.74, 6) is -0.0486. The number of carbonyl (C=O) groups is 2. The lowest BCUT2D eigenvalue weighted by molar-refractivity contribution is -0.137. The Morgan fingerprint density at radius 2 is 1.48 bits per heavy atom. The average molecular weight is 453 g/mol. The Morgan fingerprint density at radius 1 is 0.818 bits per heavy atom. The highest BCUT2D eigenvalue weighted by Gasteiger charge is 2.30. The van der Waals surface area contributed by atoms with Gasteiger partial charge in [-0.25, -0.2) is 0 Å². The first-order chi connectivity index (χ1) is 15.7. The number of carbonyl (C=O) groups excluding carboxylic acids is 2. The monoisotopic (exact) mass is 453 g/mol. The quantitative estimate of drug-likeness (QED) is 0.424. The fourth-order valence-electron chi connectivity index (χ4n) is 3.29. The fraction of sp³-hybridized carbons (Fsp3) is 0.0833. The third-order valence-corrected chi connectivity index (χ3v) is 4.99. The molecule has 0 aliphatic carbocycles. The molecule has 9 heteroatoms. The molecule has 33 heavy (non-hydrogen) atoms. The maximum absolute atomic E-state index is 12.7. The van der Waals surface area contributed by atoms with E-state index in [1.165, 1.54) is 0 Å². The van der Waals surface area contributed by atoms with E-state index in [0.717, 1.165) is 35.2 Å². The summed E-state index contributed by atoms with van der Waals surface area (Å²) in [6.45, 7) is 0. The Morgan fingerprint density at radius 3 is 2.15 bits per heavy atom. The van der Waals surface area contributed by atoms with Crippen molar-refractivity contribution < 1.29 is 27.5 Å². The number of halogens is 3. The van der Waals surface area contributed by atoms with Crippen LogP contribution in [-0.4, -0.2) is 16.4 Å². The van der Waals surface area contributed by atoms with Crippen LogP contribution in [0.25, 0.3) is 10.9 Å². The number of nitrogens with one attached hydrogen (secondary N) is 2. The van der Waals surface area contributed by atoms with Crippen molar-refractivity contribution in [1.82, 2.24) is 15.4 Å². The summed E-state index contributed by atoms with van der Waals surface area (Å²) in [4.78, 5) is 24.8. The van der Waals surface area contributed by atoms with E-state index < -0.39 is 23.6 Å². The molecule has 1 aromatic heterocycles. The minimum absolute atomic E-state index is 0.0250. The summed E-state index contributed by atoms with van der Waals surface area (Å²) >= 11 is 0. The molecule has 168 valence electrons. The molecular weight excluding hydrogens is 435 g/mol. The van der Waals surface area contributed by atoms with Gasteiger partial charge >= 0.3 is 6.18 Å². The van der Waals surface area contributed by atoms with E-state index in [1.54, 1.807) is 29.8 Å². The second-order valence-electron chi connectivity index (χ2n) is 7.21. The second kappa shape index (κ2) is 8.70. The van der Waals surface area contributed by atoms with Gasteiger partial charge in [-0.05, 0) is 60.7 Å². The number of hydrogen-bond donors (Lipinski definition) is 2. The summed E-state index contributed by atoms with van der Waals surface area (Å²) in [6, 6.07) is 20.0. The predicted octanol–water partition coefficient (Wildman–Crippen LogP) is 5.06. The molecule has 0 saturated heterocycles. The lowest BCUT2D eigenvalue weighted by atomic mass is 10.1. The van der Waals surface area contributed by atoms with Crippen LogP contribution >= 0.6 is 0 Å². The van der Waals surface area contributed by atoms with Gasteiger partial charge in [-0.3, -0.25) is 20.4 Å². The molecule has 2 amide bonds. The van der Waals surface area contributed by atoms with Gasteiger partial charge in [-0.15, -0.1) is 0 Å². The van der Waals surface area contributed by atoms with Crippen LogP contribution in [0.5, 0.6) is 11.5 Å². The third kappa shape index (κ3) is 4.82. The van der Waals surface area contributed by atoms with Gasteiger partial charge in [-0.1, -0.05) is 18.2 Å². The largest absolute Gasteiger partial charge is 0.457 e. The number of aryl methyl sites for hydroxylation is 1. The van der Waals surface area contributed by atoms with Crippen LogP contribution < -0.4 is 15.6 Å². The predicted molar refractivity (Wildman–Crippen MR) is 116 cm³/mol. The average Bonchev–Trinajstić information content (AvgIpc) is 3.13. The molecule has 4 rings (SSSR count). The van der Waals surface area contributed by atoms with Gasteiger partial charge in [-0.2, -0.15) is 13.2 Å². The summed E-state index contributed by atoms with van der Waals surface area (Å²) in [7, 11) is 1.70. The minimum Gasteiger partial charge on any atom is -0.457 e. The smallest absolute Gasteiger partial charge is 0.416 e. The molecular formula is C24H18F3N3O3. The molecule has 2 N–H and O–H groups in total. The van der Waals surface area contributed by atoms with Crippen LogP contribution in [0.15, 0.2) is 78.9 Å². The number of alkyl halides is 3. The van der Waals surface area contributed by atoms with Crippen molar-refractivity contribution in [3.8, 4) is 11.5 Å². The molecule has 0 fully saturated rings. The number of aromatic nitrogens is 1. The van der Waals surface area contributed by atoms with Gasteiger partial charge in [0.1, 0.15) is 17.2 Å². The number of rotatable bonds is 4. The van der Waals surface area contributed by atoms with Gasteiger partial charge < -0.3 is 9.30 Å². The zero-order chi connectivity index (χ0) is 23.6. The number of benzene rings is 3. The number of amides is 2. The number of nitrogens with zero attached hydrogens (tertiary/aromatic N) is 1. The highest BCUT2D eigenvalue weighted by molar-refractivity contribution is 6.01.